The molecule has 154 valence electrons. The van der Waals surface area contributed by atoms with Gasteiger partial charge in [0.2, 0.25) is 5.95 Å². The van der Waals surface area contributed by atoms with E-state index in [1.54, 1.807) is 11.3 Å². The van der Waals surface area contributed by atoms with E-state index in [0.29, 0.717) is 19.7 Å². The van der Waals surface area contributed by atoms with Crippen LogP contribution in [0.1, 0.15) is 57.7 Å². The second-order valence-electron chi connectivity index (χ2n) is 8.58. The topological polar surface area (TPSA) is 58.6 Å². The van der Waals surface area contributed by atoms with Crippen LogP contribution in [0.5, 0.6) is 0 Å². The third-order valence-corrected chi connectivity index (χ3v) is 7.67. The molecule has 3 aliphatic rings. The van der Waals surface area contributed by atoms with Crippen LogP contribution in [0.25, 0.3) is 0 Å². The number of likely N-dealkylation sites (tertiary alicyclic amines) is 1. The standard InChI is InChI=1S/C22H28N4O2S/c1-25(2)21-23-13-15-7-12-28-22(19(15)24-21)8-10-26(11-9-22)20(27)17-14-29-18-6-4-3-5-16(17)18/h13-14H,3-12H2,1-2H3. The van der Waals surface area contributed by atoms with Crippen molar-refractivity contribution >= 4 is 23.2 Å². The molecule has 4 heterocycles. The molecule has 2 aliphatic heterocycles. The maximum Gasteiger partial charge on any atom is 0.254 e. The van der Waals surface area contributed by atoms with Gasteiger partial charge < -0.3 is 14.5 Å². The van der Waals surface area contributed by atoms with E-state index >= 15 is 0 Å². The fraction of sp³-hybridized carbons (Fsp3) is 0.591. The summed E-state index contributed by atoms with van der Waals surface area (Å²) in [5, 5.41) is 2.09. The van der Waals surface area contributed by atoms with Gasteiger partial charge in [0.1, 0.15) is 5.60 Å². The van der Waals surface area contributed by atoms with Crippen molar-refractivity contribution in [2.45, 2.75) is 50.5 Å². The Morgan fingerprint density at radius 2 is 2.00 bits per heavy atom. The smallest absolute Gasteiger partial charge is 0.254 e. The molecule has 1 saturated heterocycles. The van der Waals surface area contributed by atoms with E-state index in [2.05, 4.69) is 10.4 Å². The van der Waals surface area contributed by atoms with E-state index < -0.39 is 0 Å². The minimum Gasteiger partial charge on any atom is -0.368 e. The zero-order valence-corrected chi connectivity index (χ0v) is 18.1. The highest BCUT2D eigenvalue weighted by atomic mass is 32.1. The predicted octanol–water partition coefficient (Wildman–Crippen LogP) is 3.19. The Labute approximate surface area is 175 Å². The molecule has 1 fully saturated rings. The quantitative estimate of drug-likeness (QED) is 0.758. The number of thiophene rings is 1. The third kappa shape index (κ3) is 3.24. The summed E-state index contributed by atoms with van der Waals surface area (Å²) in [6, 6.07) is 0. The number of hydrogen-bond donors (Lipinski definition) is 0. The molecule has 0 aromatic carbocycles. The van der Waals surface area contributed by atoms with Crippen LogP contribution in [-0.4, -0.2) is 54.6 Å². The predicted molar refractivity (Wildman–Crippen MR) is 114 cm³/mol. The Morgan fingerprint density at radius 1 is 1.21 bits per heavy atom. The Balaban J connectivity index is 1.36. The summed E-state index contributed by atoms with van der Waals surface area (Å²) in [7, 11) is 3.92. The summed E-state index contributed by atoms with van der Waals surface area (Å²) < 4.78 is 6.33. The van der Waals surface area contributed by atoms with Crippen molar-refractivity contribution in [3.63, 3.8) is 0 Å². The first-order valence-electron chi connectivity index (χ1n) is 10.6. The number of fused-ring (bicyclic) bond motifs is 3. The largest absolute Gasteiger partial charge is 0.368 e. The SMILES string of the molecule is CN(C)c1ncc2c(n1)C1(CCN(C(=O)c3csc4c3CCCC4)CC1)OCC2. The lowest BCUT2D eigenvalue weighted by Crippen LogP contribution is -2.49. The monoisotopic (exact) mass is 412 g/mol. The van der Waals surface area contributed by atoms with Crippen molar-refractivity contribution < 1.29 is 9.53 Å². The van der Waals surface area contributed by atoms with Crippen molar-refractivity contribution in [3.8, 4) is 0 Å². The number of carbonyl (C=O) groups excluding carboxylic acids is 1. The molecule has 0 saturated carbocycles. The van der Waals surface area contributed by atoms with E-state index in [9.17, 15) is 4.79 Å². The molecule has 0 radical (unpaired) electrons. The van der Waals surface area contributed by atoms with E-state index in [1.807, 2.05) is 30.1 Å². The van der Waals surface area contributed by atoms with Crippen LogP contribution in [0, 0.1) is 0 Å². The lowest BCUT2D eigenvalue weighted by Gasteiger charge is -2.44. The number of hydrogen-bond acceptors (Lipinski definition) is 6. The number of piperidine rings is 1. The van der Waals surface area contributed by atoms with Crippen molar-refractivity contribution in [2.75, 3.05) is 38.7 Å². The Hall–Kier alpha value is -1.99. The zero-order valence-electron chi connectivity index (χ0n) is 17.2. The third-order valence-electron chi connectivity index (χ3n) is 6.58. The van der Waals surface area contributed by atoms with E-state index in [1.165, 1.54) is 28.8 Å². The van der Waals surface area contributed by atoms with Crippen LogP contribution in [0.2, 0.25) is 0 Å². The molecule has 5 rings (SSSR count). The average Bonchev–Trinajstić information content (AvgIpc) is 3.18. The zero-order chi connectivity index (χ0) is 20.0. The van der Waals surface area contributed by atoms with Gasteiger partial charge >= 0.3 is 0 Å². The summed E-state index contributed by atoms with van der Waals surface area (Å²) in [6.07, 6.45) is 9.04. The summed E-state index contributed by atoms with van der Waals surface area (Å²) >= 11 is 1.77. The molecule has 0 bridgehead atoms. The van der Waals surface area contributed by atoms with E-state index in [-0.39, 0.29) is 11.5 Å². The Bertz CT molecular complexity index is 931. The van der Waals surface area contributed by atoms with Crippen LogP contribution in [0.4, 0.5) is 5.95 Å². The van der Waals surface area contributed by atoms with Crippen LogP contribution in [0.15, 0.2) is 11.6 Å². The van der Waals surface area contributed by atoms with Gasteiger partial charge in [-0.3, -0.25) is 4.79 Å². The molecule has 2 aromatic rings. The van der Waals surface area contributed by atoms with Gasteiger partial charge in [0.25, 0.3) is 5.91 Å². The average molecular weight is 413 g/mol. The molecule has 7 heteroatoms. The first kappa shape index (κ1) is 19.0. The van der Waals surface area contributed by atoms with Crippen LogP contribution in [0.3, 0.4) is 0 Å². The van der Waals surface area contributed by atoms with Crippen molar-refractivity contribution in [1.82, 2.24) is 14.9 Å². The van der Waals surface area contributed by atoms with E-state index in [0.717, 1.165) is 49.3 Å². The Morgan fingerprint density at radius 3 is 2.79 bits per heavy atom. The van der Waals surface area contributed by atoms with Gasteiger partial charge in [0.15, 0.2) is 0 Å². The van der Waals surface area contributed by atoms with Gasteiger partial charge in [-0.25, -0.2) is 9.97 Å². The Kier molecular flexibility index (Phi) is 4.82. The minimum absolute atomic E-state index is 0.201. The van der Waals surface area contributed by atoms with Crippen LogP contribution >= 0.6 is 11.3 Å². The normalized spacial score (nSPS) is 20.3. The van der Waals surface area contributed by atoms with Crippen molar-refractivity contribution in [2.24, 2.45) is 0 Å². The molecule has 1 amide bonds. The number of aryl methyl sites for hydroxylation is 1. The number of carbonyl (C=O) groups is 1. The van der Waals surface area contributed by atoms with Crippen molar-refractivity contribution in [3.05, 3.63) is 38.8 Å². The van der Waals surface area contributed by atoms with Gasteiger partial charge in [0.05, 0.1) is 17.9 Å². The van der Waals surface area contributed by atoms with Crippen LogP contribution in [-0.2, 0) is 29.6 Å². The second kappa shape index (κ2) is 7.36. The van der Waals surface area contributed by atoms with Gasteiger partial charge in [-0.05, 0) is 56.1 Å². The summed E-state index contributed by atoms with van der Waals surface area (Å²) in [5.74, 6) is 0.920. The fourth-order valence-corrected chi connectivity index (χ4v) is 6.03. The molecule has 2 aromatic heterocycles. The van der Waals surface area contributed by atoms with Gasteiger partial charge in [-0.15, -0.1) is 11.3 Å². The number of ether oxygens (including phenoxy) is 1. The summed E-state index contributed by atoms with van der Waals surface area (Å²) in [4.78, 5) is 28.0. The lowest BCUT2D eigenvalue weighted by molar-refractivity contribution is -0.0967. The highest BCUT2D eigenvalue weighted by Crippen LogP contribution is 2.41. The molecule has 6 nitrogen and oxygen atoms in total. The number of anilines is 1. The van der Waals surface area contributed by atoms with Crippen molar-refractivity contribution in [1.29, 1.82) is 0 Å². The highest BCUT2D eigenvalue weighted by molar-refractivity contribution is 7.10. The summed E-state index contributed by atoms with van der Waals surface area (Å²) in [5.41, 5.74) is 4.10. The molecular weight excluding hydrogens is 384 g/mol. The first-order chi connectivity index (χ1) is 14.1. The molecule has 0 N–H and O–H groups in total. The lowest BCUT2D eigenvalue weighted by atomic mass is 9.83. The van der Waals surface area contributed by atoms with Crippen LogP contribution < -0.4 is 4.90 Å². The van der Waals surface area contributed by atoms with Gasteiger partial charge in [0, 0.05) is 43.6 Å². The van der Waals surface area contributed by atoms with E-state index in [4.69, 9.17) is 9.72 Å². The summed E-state index contributed by atoms with van der Waals surface area (Å²) in [6.45, 7) is 2.12. The molecule has 0 unspecified atom stereocenters. The highest BCUT2D eigenvalue weighted by Gasteiger charge is 2.43. The minimum atomic E-state index is -0.383. The molecular formula is C22H28N4O2S. The fourth-order valence-electron chi connectivity index (χ4n) is 4.91. The molecule has 1 spiro atoms. The molecule has 29 heavy (non-hydrogen) atoms. The number of aromatic nitrogens is 2. The number of amides is 1. The van der Waals surface area contributed by atoms with Gasteiger partial charge in [-0.2, -0.15) is 0 Å². The number of nitrogens with zero attached hydrogens (tertiary/aromatic N) is 4. The van der Waals surface area contributed by atoms with Gasteiger partial charge in [-0.1, -0.05) is 0 Å². The first-order valence-corrected chi connectivity index (χ1v) is 11.5. The molecule has 0 atom stereocenters. The number of rotatable bonds is 2. The maximum atomic E-state index is 13.3. The maximum absolute atomic E-state index is 13.3. The molecule has 1 aliphatic carbocycles. The second-order valence-corrected chi connectivity index (χ2v) is 9.55.